The molecule has 0 radical (unpaired) electrons. The number of benzene rings is 2. The van der Waals surface area contributed by atoms with Crippen LogP contribution < -0.4 is 20.7 Å². The Morgan fingerprint density at radius 1 is 1.02 bits per heavy atom. The summed E-state index contributed by atoms with van der Waals surface area (Å²) in [6.45, 7) is 9.13. The third kappa shape index (κ3) is 6.82. The molecule has 2 aliphatic carbocycles. The largest absolute Gasteiger partial charge is 0.390 e. The van der Waals surface area contributed by atoms with Crippen molar-refractivity contribution in [1.29, 1.82) is 0 Å². The van der Waals surface area contributed by atoms with E-state index in [0.717, 1.165) is 17.5 Å². The van der Waals surface area contributed by atoms with Crippen molar-refractivity contribution in [2.45, 2.75) is 81.2 Å². The van der Waals surface area contributed by atoms with Crippen LogP contribution in [-0.2, 0) is 26.0 Å². The van der Waals surface area contributed by atoms with Gasteiger partial charge in [-0.05, 0) is 47.4 Å². The van der Waals surface area contributed by atoms with Gasteiger partial charge in [0.2, 0.25) is 21.8 Å². The fourth-order valence-electron chi connectivity index (χ4n) is 6.07. The van der Waals surface area contributed by atoms with Crippen molar-refractivity contribution in [3.8, 4) is 0 Å². The van der Waals surface area contributed by atoms with Gasteiger partial charge in [0.05, 0.1) is 17.0 Å². The van der Waals surface area contributed by atoms with E-state index in [-0.39, 0.29) is 29.8 Å². The molecule has 12 heteroatoms. The molecule has 2 fully saturated rings. The van der Waals surface area contributed by atoms with Crippen LogP contribution in [0.3, 0.4) is 0 Å². The van der Waals surface area contributed by atoms with Gasteiger partial charge in [0.1, 0.15) is 12.1 Å². The van der Waals surface area contributed by atoms with E-state index < -0.39 is 63.6 Å². The van der Waals surface area contributed by atoms with Crippen molar-refractivity contribution < 1.29 is 27.9 Å². The molecule has 1 heterocycles. The molecule has 1 saturated heterocycles. The number of nitrogens with one attached hydrogen (secondary N) is 4. The number of amides is 4. The normalized spacial score (nSPS) is 26.8. The number of rotatable bonds is 9. The summed E-state index contributed by atoms with van der Waals surface area (Å²) in [5.41, 5.74) is 1.04. The molecule has 2 aromatic rings. The molecule has 7 atom stereocenters. The molecule has 2 aromatic carbocycles. The number of hydrogen-bond acceptors (Lipinski definition) is 6. The Hall–Kier alpha value is -3.74. The molecule has 3 aliphatic rings. The SMILES string of the molecule is C=CC1CC1NC(=O)[C@@H]1C[C@@H](NS(=O)(=O)c2ccccc2)CN1C(=O)N[C@H](C(=O)NC1c2ccccc2C[C@H]1O)C(C)(C)C. The molecule has 236 valence electrons. The van der Waals surface area contributed by atoms with Gasteiger partial charge in [-0.15, -0.1) is 6.58 Å². The topological polar surface area (TPSA) is 157 Å². The first kappa shape index (κ1) is 31.7. The number of aliphatic hydroxyl groups excluding tert-OH is 1. The summed E-state index contributed by atoms with van der Waals surface area (Å²) < 4.78 is 28.8. The second-order valence-electron chi connectivity index (χ2n) is 13.0. The Bertz CT molecular complexity index is 1530. The monoisotopic (exact) mass is 623 g/mol. The molecule has 5 N–H and O–H groups in total. The van der Waals surface area contributed by atoms with Gasteiger partial charge in [-0.3, -0.25) is 9.59 Å². The van der Waals surface area contributed by atoms with E-state index in [0.29, 0.717) is 6.42 Å². The summed E-state index contributed by atoms with van der Waals surface area (Å²) in [4.78, 5) is 42.3. The maximum atomic E-state index is 13.8. The van der Waals surface area contributed by atoms with Crippen molar-refractivity contribution in [3.05, 3.63) is 78.4 Å². The Kier molecular flexibility index (Phi) is 8.88. The van der Waals surface area contributed by atoms with Crippen LogP contribution in [0.25, 0.3) is 0 Å². The van der Waals surface area contributed by atoms with Crippen LogP contribution in [0.15, 0.2) is 72.1 Å². The zero-order chi connectivity index (χ0) is 31.8. The summed E-state index contributed by atoms with van der Waals surface area (Å²) in [6.07, 6.45) is 2.19. The summed E-state index contributed by atoms with van der Waals surface area (Å²) in [5.74, 6) is -0.710. The minimum Gasteiger partial charge on any atom is -0.390 e. The average Bonchev–Trinajstić information content (AvgIpc) is 3.47. The van der Waals surface area contributed by atoms with Crippen molar-refractivity contribution in [2.75, 3.05) is 6.54 Å². The smallest absolute Gasteiger partial charge is 0.318 e. The maximum absolute atomic E-state index is 13.8. The average molecular weight is 624 g/mol. The molecule has 0 spiro atoms. The number of nitrogens with zero attached hydrogens (tertiary/aromatic N) is 1. The van der Waals surface area contributed by atoms with Gasteiger partial charge in [0.15, 0.2) is 0 Å². The van der Waals surface area contributed by atoms with Gasteiger partial charge >= 0.3 is 6.03 Å². The van der Waals surface area contributed by atoms with Crippen molar-refractivity contribution >= 4 is 27.9 Å². The second kappa shape index (κ2) is 12.3. The molecule has 1 aliphatic heterocycles. The highest BCUT2D eigenvalue weighted by Crippen LogP contribution is 2.33. The summed E-state index contributed by atoms with van der Waals surface area (Å²) in [7, 11) is -3.91. The lowest BCUT2D eigenvalue weighted by atomic mass is 9.86. The quantitative estimate of drug-likeness (QED) is 0.269. The van der Waals surface area contributed by atoms with Gasteiger partial charge in [-0.1, -0.05) is 69.3 Å². The Labute approximate surface area is 258 Å². The van der Waals surface area contributed by atoms with Crippen LogP contribution in [0, 0.1) is 11.3 Å². The minimum absolute atomic E-state index is 0.0637. The number of sulfonamides is 1. The van der Waals surface area contributed by atoms with Crippen molar-refractivity contribution in [1.82, 2.24) is 25.6 Å². The Morgan fingerprint density at radius 3 is 2.36 bits per heavy atom. The number of urea groups is 1. The van der Waals surface area contributed by atoms with Crippen LogP contribution in [0.4, 0.5) is 4.79 Å². The van der Waals surface area contributed by atoms with Crippen LogP contribution >= 0.6 is 0 Å². The zero-order valence-electron chi connectivity index (χ0n) is 25.2. The second-order valence-corrected chi connectivity index (χ2v) is 14.7. The van der Waals surface area contributed by atoms with Gasteiger partial charge in [0.25, 0.3) is 0 Å². The molecular weight excluding hydrogens is 582 g/mol. The standard InChI is InChI=1S/C32H41N5O6S/c1-5-19-15-24(19)33-29(39)25-17-21(36-44(42,43)22-12-7-6-8-13-22)18-37(25)31(41)35-28(32(2,3)4)30(40)34-27-23-14-10-9-11-20(23)16-26(27)38/h5-14,19,21,24-28,36,38H,1,15-18H2,2-4H3,(H,33,39)(H,34,40)(H,35,41)/t19?,21-,24?,25+,26-,27?,28-/m1/s1. The van der Waals surface area contributed by atoms with E-state index in [9.17, 15) is 27.9 Å². The number of likely N-dealkylation sites (tertiary alicyclic amines) is 1. The molecule has 44 heavy (non-hydrogen) atoms. The van der Waals surface area contributed by atoms with E-state index in [1.807, 2.05) is 45.0 Å². The van der Waals surface area contributed by atoms with E-state index in [4.69, 9.17) is 0 Å². The first-order chi connectivity index (χ1) is 20.8. The maximum Gasteiger partial charge on any atom is 0.318 e. The van der Waals surface area contributed by atoms with E-state index in [1.165, 1.54) is 17.0 Å². The lowest BCUT2D eigenvalue weighted by molar-refractivity contribution is -0.126. The predicted molar refractivity (Wildman–Crippen MR) is 165 cm³/mol. The third-order valence-electron chi connectivity index (χ3n) is 8.61. The van der Waals surface area contributed by atoms with Crippen LogP contribution in [-0.4, -0.2) is 73.1 Å². The van der Waals surface area contributed by atoms with E-state index in [1.54, 1.807) is 24.3 Å². The van der Waals surface area contributed by atoms with Gasteiger partial charge in [-0.25, -0.2) is 17.9 Å². The van der Waals surface area contributed by atoms with E-state index in [2.05, 4.69) is 27.3 Å². The van der Waals surface area contributed by atoms with Gasteiger partial charge < -0.3 is 26.0 Å². The Balaban J connectivity index is 1.33. The molecule has 1 saturated carbocycles. The molecular formula is C32H41N5O6S. The number of carbonyl (C=O) groups is 3. The fraction of sp³-hybridized carbons (Fsp3) is 0.469. The molecule has 4 amide bonds. The lowest BCUT2D eigenvalue weighted by Crippen LogP contribution is -2.59. The predicted octanol–water partition coefficient (Wildman–Crippen LogP) is 2.00. The first-order valence-electron chi connectivity index (χ1n) is 14.9. The summed E-state index contributed by atoms with van der Waals surface area (Å²) in [5, 5.41) is 19.4. The molecule has 0 aromatic heterocycles. The zero-order valence-corrected chi connectivity index (χ0v) is 26.0. The summed E-state index contributed by atoms with van der Waals surface area (Å²) >= 11 is 0. The molecule has 3 unspecified atom stereocenters. The van der Waals surface area contributed by atoms with E-state index >= 15 is 0 Å². The molecule has 5 rings (SSSR count). The fourth-order valence-corrected chi connectivity index (χ4v) is 7.33. The molecule has 11 nitrogen and oxygen atoms in total. The van der Waals surface area contributed by atoms with Gasteiger partial charge in [0, 0.05) is 25.0 Å². The lowest BCUT2D eigenvalue weighted by Gasteiger charge is -2.34. The van der Waals surface area contributed by atoms with Crippen LogP contribution in [0.1, 0.15) is 50.8 Å². The van der Waals surface area contributed by atoms with Crippen molar-refractivity contribution in [3.63, 3.8) is 0 Å². The van der Waals surface area contributed by atoms with Gasteiger partial charge in [-0.2, -0.15) is 0 Å². The Morgan fingerprint density at radius 2 is 1.70 bits per heavy atom. The number of aliphatic hydroxyl groups is 1. The van der Waals surface area contributed by atoms with Crippen LogP contribution in [0.2, 0.25) is 0 Å². The highest BCUT2D eigenvalue weighted by Gasteiger charge is 2.46. The number of hydrogen-bond donors (Lipinski definition) is 5. The summed E-state index contributed by atoms with van der Waals surface area (Å²) in [6, 6.07) is 11.3. The van der Waals surface area contributed by atoms with Crippen molar-refractivity contribution in [2.24, 2.45) is 11.3 Å². The number of fused-ring (bicyclic) bond motifs is 1. The highest BCUT2D eigenvalue weighted by molar-refractivity contribution is 7.89. The number of carbonyl (C=O) groups excluding carboxylic acids is 3. The highest BCUT2D eigenvalue weighted by atomic mass is 32.2. The van der Waals surface area contributed by atoms with Crippen LogP contribution in [0.5, 0.6) is 0 Å². The molecule has 0 bridgehead atoms. The minimum atomic E-state index is -3.91. The first-order valence-corrected chi connectivity index (χ1v) is 16.4. The third-order valence-corrected chi connectivity index (χ3v) is 10.1.